The summed E-state index contributed by atoms with van der Waals surface area (Å²) >= 11 is 3.43. The highest BCUT2D eigenvalue weighted by molar-refractivity contribution is 9.10. The van der Waals surface area contributed by atoms with Crippen LogP contribution in [0.2, 0.25) is 0 Å². The van der Waals surface area contributed by atoms with E-state index in [1.165, 1.54) is 15.9 Å². The number of carbonyl (C=O) groups is 3. The van der Waals surface area contributed by atoms with E-state index in [-0.39, 0.29) is 40.7 Å². The Bertz CT molecular complexity index is 1790. The number of rotatable bonds is 6. The topological polar surface area (TPSA) is 120 Å². The molecule has 0 bridgehead atoms. The number of likely N-dealkylation sites (N-methyl/N-ethyl adjacent to an activating group) is 1. The van der Waals surface area contributed by atoms with E-state index in [1.54, 1.807) is 13.2 Å². The molecule has 50 heavy (non-hydrogen) atoms. The number of carbonyl (C=O) groups excluding carboxylic acids is 3. The molecular formula is C38H46BrN7O4. The van der Waals surface area contributed by atoms with Crippen LogP contribution in [0.3, 0.4) is 0 Å². The van der Waals surface area contributed by atoms with Gasteiger partial charge < -0.3 is 20.0 Å². The molecule has 2 aromatic carbocycles. The molecule has 1 spiro atoms. The van der Waals surface area contributed by atoms with Crippen molar-refractivity contribution in [2.45, 2.75) is 62.8 Å². The molecule has 4 aliphatic rings. The maximum absolute atomic E-state index is 13.6. The summed E-state index contributed by atoms with van der Waals surface area (Å²) in [5.41, 5.74) is 4.92. The third-order valence-corrected chi connectivity index (χ3v) is 12.3. The first-order chi connectivity index (χ1) is 24.1. The molecule has 0 radical (unpaired) electrons. The van der Waals surface area contributed by atoms with Crippen molar-refractivity contribution in [1.82, 2.24) is 24.9 Å². The normalized spacial score (nSPS) is 24.3. The van der Waals surface area contributed by atoms with Crippen LogP contribution in [-0.4, -0.2) is 89.7 Å². The number of likely N-dealkylation sites (tertiary alicyclic amines) is 2. The Morgan fingerprint density at radius 3 is 2.24 bits per heavy atom. The van der Waals surface area contributed by atoms with Gasteiger partial charge in [0, 0.05) is 70.0 Å². The second-order valence-corrected chi connectivity index (χ2v) is 15.6. The van der Waals surface area contributed by atoms with Crippen molar-refractivity contribution in [3.63, 3.8) is 0 Å². The van der Waals surface area contributed by atoms with Crippen molar-refractivity contribution in [3.8, 4) is 0 Å². The Labute approximate surface area is 301 Å². The predicted molar refractivity (Wildman–Crippen MR) is 196 cm³/mol. The summed E-state index contributed by atoms with van der Waals surface area (Å²) in [4.78, 5) is 56.5. The Kier molecular flexibility index (Phi) is 9.85. The summed E-state index contributed by atoms with van der Waals surface area (Å²) in [6.45, 7) is 5.34. The summed E-state index contributed by atoms with van der Waals surface area (Å²) in [6, 6.07) is 16.6. The number of hydrogen-bond donors (Lipinski definition) is 2. The van der Waals surface area contributed by atoms with Crippen LogP contribution in [0, 0.1) is 5.41 Å². The minimum absolute atomic E-state index is 0.114. The molecular weight excluding hydrogens is 698 g/mol. The van der Waals surface area contributed by atoms with Crippen LogP contribution in [0.1, 0.15) is 78.3 Å². The minimum atomic E-state index is -0.257. The van der Waals surface area contributed by atoms with Crippen LogP contribution in [0.5, 0.6) is 0 Å². The third kappa shape index (κ3) is 7.23. The Balaban J connectivity index is 0.901. The molecule has 12 heteroatoms. The van der Waals surface area contributed by atoms with E-state index in [4.69, 9.17) is 0 Å². The van der Waals surface area contributed by atoms with Crippen LogP contribution < -0.4 is 21.1 Å². The Hall–Kier alpha value is -4.03. The molecule has 0 saturated carbocycles. The molecule has 4 fully saturated rings. The van der Waals surface area contributed by atoms with Gasteiger partial charge in [-0.3, -0.25) is 24.5 Å². The number of piperidine rings is 4. The van der Waals surface area contributed by atoms with Crippen molar-refractivity contribution in [1.29, 1.82) is 0 Å². The van der Waals surface area contributed by atoms with Crippen molar-refractivity contribution in [2.24, 2.45) is 12.5 Å². The van der Waals surface area contributed by atoms with Gasteiger partial charge in [0.1, 0.15) is 4.47 Å². The summed E-state index contributed by atoms with van der Waals surface area (Å²) in [5, 5.41) is 10.1. The average Bonchev–Trinajstić information content (AvgIpc) is 3.12. The van der Waals surface area contributed by atoms with Gasteiger partial charge >= 0.3 is 0 Å². The lowest BCUT2D eigenvalue weighted by atomic mass is 9.71. The highest BCUT2D eigenvalue weighted by atomic mass is 79.9. The van der Waals surface area contributed by atoms with Gasteiger partial charge in [0.2, 0.25) is 11.8 Å². The molecule has 1 aromatic heterocycles. The SMILES string of the molecule is CN1C[C@@H](Nc2cnn(C)c(=O)c2Br)C[C@@H](c2ccc(C(=O)N3CCC4(CC3)CCN(c3ccc([C@H]5CCC(=O)NC5=O)cc3)CC4)cc2)C1. The molecule has 0 unspecified atom stereocenters. The molecule has 11 nitrogen and oxygen atoms in total. The zero-order chi connectivity index (χ0) is 35.0. The maximum Gasteiger partial charge on any atom is 0.282 e. The highest BCUT2D eigenvalue weighted by Gasteiger charge is 2.39. The lowest BCUT2D eigenvalue weighted by Gasteiger charge is -2.47. The van der Waals surface area contributed by atoms with Crippen molar-refractivity contribution < 1.29 is 14.4 Å². The standard InChI is InChI=1S/C38H46BrN7O4/c1-43-23-28(21-29(24-43)41-32-22-40-44(2)37(50)34(32)39)25-3-5-27(6-4-25)36(49)46-19-15-38(16-20-46)13-17-45(18-14-38)30-9-7-26(8-10-30)31-11-12-33(47)42-35(31)48/h3-10,22,28-29,31,41H,11-21,23-24H2,1-2H3,(H,42,47,48)/t28-,29+,31-/m1/s1. The summed E-state index contributed by atoms with van der Waals surface area (Å²) in [6.07, 6.45) is 7.83. The highest BCUT2D eigenvalue weighted by Crippen LogP contribution is 2.42. The molecule has 3 aromatic rings. The smallest absolute Gasteiger partial charge is 0.282 e. The number of aromatic nitrogens is 2. The fourth-order valence-corrected chi connectivity index (χ4v) is 8.90. The predicted octanol–water partition coefficient (Wildman–Crippen LogP) is 4.49. The Morgan fingerprint density at radius 1 is 0.900 bits per heavy atom. The monoisotopic (exact) mass is 743 g/mol. The van der Waals surface area contributed by atoms with Crippen molar-refractivity contribution in [3.05, 3.63) is 86.2 Å². The van der Waals surface area contributed by atoms with Crippen LogP contribution in [-0.2, 0) is 16.6 Å². The van der Waals surface area contributed by atoms with Gasteiger partial charge in [-0.1, -0.05) is 24.3 Å². The maximum atomic E-state index is 13.6. The number of nitrogens with zero attached hydrogens (tertiary/aromatic N) is 5. The number of benzene rings is 2. The minimum Gasteiger partial charge on any atom is -0.379 e. The van der Waals surface area contributed by atoms with Crippen molar-refractivity contribution >= 4 is 45.0 Å². The fourth-order valence-electron chi connectivity index (χ4n) is 8.43. The summed E-state index contributed by atoms with van der Waals surface area (Å²) in [7, 11) is 3.75. The second kappa shape index (κ2) is 14.3. The first-order valence-corrected chi connectivity index (χ1v) is 18.6. The molecule has 7 rings (SSSR count). The zero-order valence-corrected chi connectivity index (χ0v) is 30.5. The number of anilines is 2. The van der Waals surface area contributed by atoms with E-state index in [0.717, 1.165) is 82.5 Å². The number of imide groups is 1. The number of hydrogen-bond acceptors (Lipinski definition) is 8. The van der Waals surface area contributed by atoms with Crippen LogP contribution in [0.15, 0.2) is 64.0 Å². The second-order valence-electron chi connectivity index (χ2n) is 14.8. The number of halogens is 1. The molecule has 4 saturated heterocycles. The molecule has 5 heterocycles. The van der Waals surface area contributed by atoms with Gasteiger partial charge in [-0.2, -0.15) is 5.10 Å². The van der Waals surface area contributed by atoms with E-state index < -0.39 is 0 Å². The van der Waals surface area contributed by atoms with Gasteiger partial charge in [-0.05, 0) is 108 Å². The van der Waals surface area contributed by atoms with E-state index in [1.807, 2.05) is 29.2 Å². The number of nitrogens with one attached hydrogen (secondary N) is 2. The van der Waals surface area contributed by atoms with Crippen LogP contribution >= 0.6 is 15.9 Å². The van der Waals surface area contributed by atoms with Crippen LogP contribution in [0.25, 0.3) is 0 Å². The van der Waals surface area contributed by atoms with E-state index in [2.05, 4.69) is 72.8 Å². The van der Waals surface area contributed by atoms with E-state index >= 15 is 0 Å². The molecule has 2 N–H and O–H groups in total. The molecule has 4 aliphatic heterocycles. The molecule has 264 valence electrons. The van der Waals surface area contributed by atoms with E-state index in [0.29, 0.717) is 28.9 Å². The molecule has 3 atom stereocenters. The number of aryl methyl sites for hydroxylation is 1. The third-order valence-electron chi connectivity index (χ3n) is 11.5. The van der Waals surface area contributed by atoms with E-state index in [9.17, 15) is 19.2 Å². The first kappa shape index (κ1) is 34.4. The largest absolute Gasteiger partial charge is 0.379 e. The van der Waals surface area contributed by atoms with Gasteiger partial charge in [-0.25, -0.2) is 4.68 Å². The molecule has 0 aliphatic carbocycles. The van der Waals surface area contributed by atoms with Crippen molar-refractivity contribution in [2.75, 3.05) is 56.5 Å². The number of amides is 3. The van der Waals surface area contributed by atoms with Crippen LogP contribution in [0.4, 0.5) is 11.4 Å². The summed E-state index contributed by atoms with van der Waals surface area (Å²) < 4.78 is 1.81. The van der Waals surface area contributed by atoms with Gasteiger partial charge in [0.15, 0.2) is 0 Å². The quantitative estimate of drug-likeness (QED) is 0.355. The lowest BCUT2D eigenvalue weighted by Crippen LogP contribution is -2.48. The van der Waals surface area contributed by atoms with Gasteiger partial charge in [0.25, 0.3) is 11.5 Å². The summed E-state index contributed by atoms with van der Waals surface area (Å²) in [5.74, 6) is -0.223. The van der Waals surface area contributed by atoms with Gasteiger partial charge in [0.05, 0.1) is 17.8 Å². The Morgan fingerprint density at radius 2 is 1.56 bits per heavy atom. The van der Waals surface area contributed by atoms with Gasteiger partial charge in [-0.15, -0.1) is 0 Å². The fraction of sp³-hybridized carbons (Fsp3) is 0.500. The first-order valence-electron chi connectivity index (χ1n) is 17.8. The average molecular weight is 745 g/mol. The zero-order valence-electron chi connectivity index (χ0n) is 28.9. The molecule has 3 amide bonds. The lowest BCUT2D eigenvalue weighted by molar-refractivity contribution is -0.134.